The van der Waals surface area contributed by atoms with Crippen molar-refractivity contribution >= 4 is 26.3 Å². The van der Waals surface area contributed by atoms with Crippen LogP contribution in [0.1, 0.15) is 30.4 Å². The zero-order chi connectivity index (χ0) is 15.0. The molecule has 0 bridgehead atoms. The number of halogens is 1. The number of nitrogens with one attached hydrogen (secondary N) is 1. The fourth-order valence-corrected chi connectivity index (χ4v) is 3.00. The summed E-state index contributed by atoms with van der Waals surface area (Å²) in [5.41, 5.74) is 6.27. The van der Waals surface area contributed by atoms with Crippen LogP contribution in [-0.4, -0.2) is 14.7 Å². The van der Waals surface area contributed by atoms with Crippen LogP contribution in [0.5, 0.6) is 0 Å². The minimum atomic E-state index is 0.407. The van der Waals surface area contributed by atoms with E-state index >= 15 is 0 Å². The van der Waals surface area contributed by atoms with E-state index < -0.39 is 0 Å². The van der Waals surface area contributed by atoms with Gasteiger partial charge in [0, 0.05) is 23.4 Å². The smallest absolute Gasteiger partial charge is 0.0980 e. The van der Waals surface area contributed by atoms with E-state index in [9.17, 15) is 0 Å². The Bertz CT molecular complexity index is 698. The van der Waals surface area contributed by atoms with Gasteiger partial charge in [-0.15, -0.1) is 0 Å². The highest BCUT2D eigenvalue weighted by Gasteiger charge is 2.40. The van der Waals surface area contributed by atoms with Crippen LogP contribution in [0.25, 0.3) is 11.3 Å². The van der Waals surface area contributed by atoms with E-state index in [4.69, 9.17) is 4.99 Å². The molecule has 0 saturated heterocycles. The second kappa shape index (κ2) is 5.79. The number of rotatable bonds is 4. The predicted molar refractivity (Wildman–Crippen MR) is 98.4 cm³/mol. The Kier molecular flexibility index (Phi) is 4.02. The number of aromatic nitrogens is 1. The molecule has 0 amide bonds. The molecule has 1 N–H and O–H groups in total. The summed E-state index contributed by atoms with van der Waals surface area (Å²) in [5.74, 6) is 0.535. The summed E-state index contributed by atoms with van der Waals surface area (Å²) in [7, 11) is 0. The maximum absolute atomic E-state index is 4.79. The molecule has 3 rings (SSSR count). The van der Waals surface area contributed by atoms with E-state index in [-0.39, 0.29) is 0 Å². The molecule has 21 heavy (non-hydrogen) atoms. The zero-order valence-corrected chi connectivity index (χ0v) is 14.5. The number of aliphatic imine (C=N–C) groups is 1. The van der Waals surface area contributed by atoms with E-state index in [0.29, 0.717) is 12.0 Å². The molecule has 2 atom stereocenters. The van der Waals surface area contributed by atoms with Gasteiger partial charge in [0.2, 0.25) is 0 Å². The Morgan fingerprint density at radius 2 is 2.19 bits per heavy atom. The molecular weight excluding hydrogens is 371 g/mol. The molecule has 1 saturated carbocycles. The van der Waals surface area contributed by atoms with Gasteiger partial charge in [-0.25, -0.2) is 0 Å². The van der Waals surface area contributed by atoms with Gasteiger partial charge in [0.15, 0.2) is 0 Å². The first-order valence-electron chi connectivity index (χ1n) is 7.19. The SMILES string of the molecule is C=C(C)C(I)=NC1CC1c1cc(C)ccc1-c1ccc[nH]1. The van der Waals surface area contributed by atoms with Crippen molar-refractivity contribution < 1.29 is 0 Å². The molecule has 0 radical (unpaired) electrons. The molecule has 2 aromatic rings. The first kappa shape index (κ1) is 14.6. The predicted octanol–water partition coefficient (Wildman–Crippen LogP) is 5.26. The molecular formula is C18H19IN2. The maximum Gasteiger partial charge on any atom is 0.0980 e. The number of H-pyrrole nitrogens is 1. The topological polar surface area (TPSA) is 28.1 Å². The van der Waals surface area contributed by atoms with E-state index in [1.54, 1.807) is 0 Å². The second-order valence-corrected chi connectivity index (χ2v) is 6.81. The highest BCUT2D eigenvalue weighted by Crippen LogP contribution is 2.47. The molecule has 1 heterocycles. The molecule has 2 unspecified atom stereocenters. The molecule has 0 spiro atoms. The third-order valence-electron chi connectivity index (χ3n) is 3.88. The second-order valence-electron chi connectivity index (χ2n) is 5.78. The molecule has 0 aliphatic heterocycles. The highest BCUT2D eigenvalue weighted by molar-refractivity contribution is 14.1. The summed E-state index contributed by atoms with van der Waals surface area (Å²) in [6.07, 6.45) is 3.11. The van der Waals surface area contributed by atoms with Crippen molar-refractivity contribution in [3.8, 4) is 11.3 Å². The van der Waals surface area contributed by atoms with Crippen molar-refractivity contribution in [1.29, 1.82) is 0 Å². The Labute approximate surface area is 139 Å². The number of hydrogen-bond acceptors (Lipinski definition) is 1. The molecule has 1 aliphatic rings. The Morgan fingerprint density at radius 1 is 1.38 bits per heavy atom. The van der Waals surface area contributed by atoms with Crippen molar-refractivity contribution in [2.24, 2.45) is 4.99 Å². The van der Waals surface area contributed by atoms with Gasteiger partial charge in [0.05, 0.1) is 9.76 Å². The molecule has 108 valence electrons. The lowest BCUT2D eigenvalue weighted by atomic mass is 9.98. The van der Waals surface area contributed by atoms with Crippen LogP contribution in [0.15, 0.2) is 53.7 Å². The molecule has 1 aliphatic carbocycles. The van der Waals surface area contributed by atoms with Gasteiger partial charge < -0.3 is 4.98 Å². The number of allylic oxidation sites excluding steroid dienone is 1. The lowest BCUT2D eigenvalue weighted by molar-refractivity contribution is 0.992. The molecule has 3 heteroatoms. The minimum absolute atomic E-state index is 0.407. The zero-order valence-electron chi connectivity index (χ0n) is 12.4. The number of benzene rings is 1. The summed E-state index contributed by atoms with van der Waals surface area (Å²) in [6.45, 7) is 8.13. The van der Waals surface area contributed by atoms with E-state index in [1.165, 1.54) is 22.4 Å². The van der Waals surface area contributed by atoms with Gasteiger partial charge >= 0.3 is 0 Å². The van der Waals surface area contributed by atoms with E-state index in [2.05, 4.69) is 65.3 Å². The van der Waals surface area contributed by atoms with Gasteiger partial charge in [0.25, 0.3) is 0 Å². The van der Waals surface area contributed by atoms with Gasteiger partial charge in [-0.1, -0.05) is 30.3 Å². The molecule has 2 nitrogen and oxygen atoms in total. The van der Waals surface area contributed by atoms with Crippen LogP contribution in [0.3, 0.4) is 0 Å². The van der Waals surface area contributed by atoms with Crippen molar-refractivity contribution in [2.45, 2.75) is 32.2 Å². The summed E-state index contributed by atoms with van der Waals surface area (Å²) >= 11 is 2.29. The fraction of sp³-hybridized carbons (Fsp3) is 0.278. The summed E-state index contributed by atoms with van der Waals surface area (Å²) < 4.78 is 1.05. The first-order valence-corrected chi connectivity index (χ1v) is 8.27. The van der Waals surface area contributed by atoms with Crippen LogP contribution in [0.2, 0.25) is 0 Å². The van der Waals surface area contributed by atoms with E-state index in [0.717, 1.165) is 15.7 Å². The Balaban J connectivity index is 1.92. The average Bonchev–Trinajstić information content (AvgIpc) is 2.99. The summed E-state index contributed by atoms with van der Waals surface area (Å²) in [5, 5.41) is 0. The summed E-state index contributed by atoms with van der Waals surface area (Å²) in [6, 6.07) is 11.3. The number of aromatic amines is 1. The minimum Gasteiger partial charge on any atom is -0.361 e. The largest absolute Gasteiger partial charge is 0.361 e. The van der Waals surface area contributed by atoms with Crippen LogP contribution in [-0.2, 0) is 0 Å². The molecule has 1 fully saturated rings. The van der Waals surface area contributed by atoms with Gasteiger partial charge in [-0.05, 0) is 66.1 Å². The van der Waals surface area contributed by atoms with Gasteiger partial charge in [0.1, 0.15) is 0 Å². The van der Waals surface area contributed by atoms with Gasteiger partial charge in [-0.2, -0.15) is 0 Å². The van der Waals surface area contributed by atoms with Crippen molar-refractivity contribution in [1.82, 2.24) is 4.98 Å². The summed E-state index contributed by atoms with van der Waals surface area (Å²) in [4.78, 5) is 8.11. The first-order chi connectivity index (χ1) is 10.1. The number of nitrogens with zero attached hydrogens (tertiary/aromatic N) is 1. The molecule has 1 aromatic carbocycles. The van der Waals surface area contributed by atoms with E-state index in [1.807, 2.05) is 19.2 Å². The normalized spacial score (nSPS) is 21.4. The lowest BCUT2D eigenvalue weighted by Gasteiger charge is -2.09. The van der Waals surface area contributed by atoms with Crippen LogP contribution in [0.4, 0.5) is 0 Å². The average molecular weight is 390 g/mol. The van der Waals surface area contributed by atoms with Crippen LogP contribution in [0, 0.1) is 6.92 Å². The standard InChI is InChI=1S/C18H19IN2/c1-11(2)18(19)21-17-10-15(17)14-9-12(3)6-7-13(14)16-5-4-8-20-16/h4-9,15,17,20H,1,10H2,2-3H3. The molecule has 1 aromatic heterocycles. The van der Waals surface area contributed by atoms with Gasteiger partial charge in [-0.3, -0.25) is 4.99 Å². The monoisotopic (exact) mass is 390 g/mol. The van der Waals surface area contributed by atoms with Crippen molar-refractivity contribution in [2.75, 3.05) is 0 Å². The Hall–Kier alpha value is -1.36. The maximum atomic E-state index is 4.79. The number of hydrogen-bond donors (Lipinski definition) is 1. The highest BCUT2D eigenvalue weighted by atomic mass is 127. The Morgan fingerprint density at radius 3 is 2.86 bits per heavy atom. The third kappa shape index (κ3) is 3.12. The van der Waals surface area contributed by atoms with Crippen molar-refractivity contribution in [3.63, 3.8) is 0 Å². The van der Waals surface area contributed by atoms with Crippen LogP contribution >= 0.6 is 22.6 Å². The fourth-order valence-electron chi connectivity index (χ4n) is 2.65. The van der Waals surface area contributed by atoms with Crippen LogP contribution < -0.4 is 0 Å². The lowest BCUT2D eigenvalue weighted by Crippen LogP contribution is -1.95. The third-order valence-corrected chi connectivity index (χ3v) is 5.08. The van der Waals surface area contributed by atoms with Crippen molar-refractivity contribution in [3.05, 3.63) is 59.8 Å². The quantitative estimate of drug-likeness (QED) is 0.545. The number of aryl methyl sites for hydroxylation is 1.